The highest BCUT2D eigenvalue weighted by Crippen LogP contribution is 2.29. The van der Waals surface area contributed by atoms with Crippen molar-refractivity contribution in [2.45, 2.75) is 49.3 Å². The fraction of sp³-hybridized carbons (Fsp3) is 0.524. The smallest absolute Gasteiger partial charge is 0.323 e. The van der Waals surface area contributed by atoms with Gasteiger partial charge in [-0.15, -0.1) is 23.1 Å². The van der Waals surface area contributed by atoms with Crippen LogP contribution in [0.3, 0.4) is 0 Å². The third-order valence-electron chi connectivity index (χ3n) is 5.32. The lowest BCUT2D eigenvalue weighted by molar-refractivity contribution is -0.133. The van der Waals surface area contributed by atoms with Crippen molar-refractivity contribution in [1.29, 1.82) is 0 Å². The number of likely N-dealkylation sites (N-methyl/N-ethyl adjacent to an activating group) is 1. The van der Waals surface area contributed by atoms with E-state index in [0.717, 1.165) is 29.9 Å². The third-order valence-corrected chi connectivity index (χ3v) is 8.27. The second-order valence-corrected chi connectivity index (χ2v) is 10.7. The zero-order valence-electron chi connectivity index (χ0n) is 18.0. The van der Waals surface area contributed by atoms with E-state index in [1.54, 1.807) is 11.1 Å². The summed E-state index contributed by atoms with van der Waals surface area (Å²) in [6.45, 7) is 3.44. The summed E-state index contributed by atoms with van der Waals surface area (Å²) < 4.78 is 0.741. The molecule has 1 aliphatic rings. The highest BCUT2D eigenvalue weighted by Gasteiger charge is 2.27. The van der Waals surface area contributed by atoms with Gasteiger partial charge in [-0.05, 0) is 31.2 Å². The van der Waals surface area contributed by atoms with Gasteiger partial charge in [0.2, 0.25) is 0 Å². The van der Waals surface area contributed by atoms with Gasteiger partial charge < -0.3 is 14.9 Å². The predicted molar refractivity (Wildman–Crippen MR) is 129 cm³/mol. The van der Waals surface area contributed by atoms with E-state index in [2.05, 4.69) is 10.3 Å². The van der Waals surface area contributed by atoms with Crippen molar-refractivity contribution in [3.63, 3.8) is 0 Å². The maximum absolute atomic E-state index is 13.2. The zero-order valence-corrected chi connectivity index (χ0v) is 20.4. The van der Waals surface area contributed by atoms with Crippen LogP contribution in [0.4, 0.5) is 9.93 Å². The average Bonchev–Trinajstić information content (AvgIpc) is 3.48. The lowest BCUT2D eigenvalue weighted by atomic mass is 9.94. The number of nitrogens with one attached hydrogen (secondary N) is 1. The van der Waals surface area contributed by atoms with Crippen LogP contribution in [0.5, 0.6) is 0 Å². The molecule has 32 heavy (non-hydrogen) atoms. The number of thiazole rings is 1. The number of nitrogens with zero attached hydrogens (tertiary/aromatic N) is 3. The van der Waals surface area contributed by atoms with Crippen molar-refractivity contribution in [3.8, 4) is 0 Å². The number of thiophene rings is 1. The van der Waals surface area contributed by atoms with Gasteiger partial charge in [0, 0.05) is 25.7 Å². The first-order valence-electron chi connectivity index (χ1n) is 10.7. The van der Waals surface area contributed by atoms with E-state index in [4.69, 9.17) is 5.11 Å². The lowest BCUT2D eigenvalue weighted by Gasteiger charge is -2.35. The Labute approximate surface area is 200 Å². The van der Waals surface area contributed by atoms with Crippen molar-refractivity contribution in [1.82, 2.24) is 14.8 Å². The first-order valence-corrected chi connectivity index (χ1v) is 13.4. The van der Waals surface area contributed by atoms with Crippen LogP contribution in [-0.2, 0) is 4.79 Å². The highest BCUT2D eigenvalue weighted by molar-refractivity contribution is 8.01. The largest absolute Gasteiger partial charge is 0.481 e. The molecular formula is C21H28N4O4S3. The molecule has 1 fully saturated rings. The van der Waals surface area contributed by atoms with E-state index in [-0.39, 0.29) is 23.7 Å². The molecule has 0 aliphatic heterocycles. The summed E-state index contributed by atoms with van der Waals surface area (Å²) in [5.41, 5.74) is 0. The van der Waals surface area contributed by atoms with Gasteiger partial charge in [-0.25, -0.2) is 9.78 Å². The number of carbonyl (C=O) groups excluding carboxylic acids is 2. The number of thioether (sulfide) groups is 1. The molecule has 0 bridgehead atoms. The van der Waals surface area contributed by atoms with Gasteiger partial charge in [0.05, 0.1) is 21.0 Å². The lowest BCUT2D eigenvalue weighted by Crippen LogP contribution is -2.48. The number of anilines is 1. The first-order chi connectivity index (χ1) is 15.5. The summed E-state index contributed by atoms with van der Waals surface area (Å²) in [4.78, 5) is 45.2. The summed E-state index contributed by atoms with van der Waals surface area (Å²) in [5.74, 6) is -0.948. The van der Waals surface area contributed by atoms with Crippen LogP contribution in [0.1, 0.15) is 48.7 Å². The van der Waals surface area contributed by atoms with Crippen LogP contribution in [0, 0.1) is 0 Å². The summed E-state index contributed by atoms with van der Waals surface area (Å²) in [6.07, 6.45) is 6.85. The maximum atomic E-state index is 13.2. The molecule has 2 aromatic heterocycles. The number of urea groups is 1. The fourth-order valence-corrected chi connectivity index (χ4v) is 5.98. The monoisotopic (exact) mass is 496 g/mol. The number of carboxylic acid groups (broad SMARTS) is 1. The van der Waals surface area contributed by atoms with Crippen molar-refractivity contribution in [2.24, 2.45) is 0 Å². The molecule has 2 N–H and O–H groups in total. The molecule has 0 radical (unpaired) electrons. The Balaban J connectivity index is 1.64. The molecule has 8 nitrogen and oxygen atoms in total. The van der Waals surface area contributed by atoms with Crippen molar-refractivity contribution < 1.29 is 19.5 Å². The molecule has 1 saturated carbocycles. The van der Waals surface area contributed by atoms with Crippen molar-refractivity contribution >= 4 is 57.5 Å². The molecule has 2 aromatic rings. The summed E-state index contributed by atoms with van der Waals surface area (Å²) in [5, 5.41) is 14.0. The normalized spacial score (nSPS) is 14.2. The van der Waals surface area contributed by atoms with Crippen molar-refractivity contribution in [3.05, 3.63) is 28.6 Å². The highest BCUT2D eigenvalue weighted by atomic mass is 32.2. The number of aromatic nitrogens is 1. The number of carbonyl (C=O) groups is 3. The fourth-order valence-electron chi connectivity index (χ4n) is 3.71. The number of hydrogen-bond donors (Lipinski definition) is 2. The van der Waals surface area contributed by atoms with Crippen LogP contribution in [0.2, 0.25) is 0 Å². The second-order valence-electron chi connectivity index (χ2n) is 7.44. The molecule has 0 unspecified atom stereocenters. The number of hydrogen-bond acceptors (Lipinski definition) is 7. The van der Waals surface area contributed by atoms with E-state index in [9.17, 15) is 14.4 Å². The molecule has 174 valence electrons. The van der Waals surface area contributed by atoms with Gasteiger partial charge >= 0.3 is 12.0 Å². The number of amides is 3. The molecule has 0 aromatic carbocycles. The van der Waals surface area contributed by atoms with Crippen molar-refractivity contribution in [2.75, 3.05) is 30.7 Å². The minimum absolute atomic E-state index is 0.00785. The molecule has 1 aliphatic carbocycles. The topological polar surface area (TPSA) is 103 Å². The van der Waals surface area contributed by atoms with Gasteiger partial charge in [-0.2, -0.15) is 0 Å². The molecular weight excluding hydrogens is 468 g/mol. The molecule has 2 heterocycles. The van der Waals surface area contributed by atoms with Gasteiger partial charge in [0.25, 0.3) is 5.91 Å². The second kappa shape index (κ2) is 12.2. The molecule has 3 amide bonds. The SMILES string of the molecule is CCN(CCN(C(=O)Nc1ncc(SCC(=O)O)s1)C1CCCCC1)C(=O)c1cccs1. The van der Waals surface area contributed by atoms with Gasteiger partial charge in [-0.3, -0.25) is 14.9 Å². The Bertz CT molecular complexity index is 897. The van der Waals surface area contributed by atoms with E-state index >= 15 is 0 Å². The Morgan fingerprint density at radius 1 is 1.25 bits per heavy atom. The van der Waals surface area contributed by atoms with E-state index in [1.165, 1.54) is 40.9 Å². The molecule has 0 spiro atoms. The van der Waals surface area contributed by atoms with Crippen LogP contribution in [-0.4, -0.2) is 69.2 Å². The van der Waals surface area contributed by atoms with Crippen LogP contribution in [0.15, 0.2) is 27.9 Å². The Kier molecular flexibility index (Phi) is 9.36. The van der Waals surface area contributed by atoms with E-state index in [0.29, 0.717) is 29.6 Å². The number of rotatable bonds is 10. The molecule has 3 rings (SSSR count). The zero-order chi connectivity index (χ0) is 22.9. The molecule has 0 atom stereocenters. The molecule has 11 heteroatoms. The first kappa shape index (κ1) is 24.5. The van der Waals surface area contributed by atoms with E-state index < -0.39 is 5.97 Å². The van der Waals surface area contributed by atoms with Crippen LogP contribution in [0.25, 0.3) is 0 Å². The quantitative estimate of drug-likeness (QED) is 0.462. The van der Waals surface area contributed by atoms with E-state index in [1.807, 2.05) is 29.3 Å². The summed E-state index contributed by atoms with van der Waals surface area (Å²) in [6, 6.07) is 3.61. The Morgan fingerprint density at radius 2 is 2.03 bits per heavy atom. The summed E-state index contributed by atoms with van der Waals surface area (Å²) in [7, 11) is 0. The number of aliphatic carboxylic acids is 1. The Hall–Kier alpha value is -2.11. The number of carboxylic acids is 1. The summed E-state index contributed by atoms with van der Waals surface area (Å²) >= 11 is 3.87. The average molecular weight is 497 g/mol. The van der Waals surface area contributed by atoms with Gasteiger partial charge in [0.1, 0.15) is 0 Å². The van der Waals surface area contributed by atoms with Gasteiger partial charge in [-0.1, -0.05) is 36.7 Å². The minimum atomic E-state index is -0.893. The van der Waals surface area contributed by atoms with Crippen LogP contribution >= 0.6 is 34.4 Å². The third kappa shape index (κ3) is 6.94. The predicted octanol–water partition coefficient (Wildman–Crippen LogP) is 4.71. The maximum Gasteiger partial charge on any atom is 0.323 e. The standard InChI is InChI=1S/C21H28N4O4S3/c1-2-24(19(28)16-9-6-12-30-16)10-11-25(15-7-4-3-5-8-15)21(29)23-20-22-13-18(32-20)31-14-17(26)27/h6,9,12-13,15H,2-5,7-8,10-11,14H2,1H3,(H,26,27)(H,22,23,29). The Morgan fingerprint density at radius 3 is 2.69 bits per heavy atom. The van der Waals surface area contributed by atoms with Gasteiger partial charge in [0.15, 0.2) is 5.13 Å². The van der Waals surface area contributed by atoms with Crippen LogP contribution < -0.4 is 5.32 Å². The minimum Gasteiger partial charge on any atom is -0.481 e. The molecule has 0 saturated heterocycles.